The SMILES string of the molecule is Nc1cc2ccccc2c(Cc2ccccc2)n1. The lowest BCUT2D eigenvalue weighted by Crippen LogP contribution is -1.98. The molecule has 3 rings (SSSR count). The van der Waals surface area contributed by atoms with E-state index in [1.165, 1.54) is 10.9 Å². The molecule has 3 aromatic rings. The molecule has 0 amide bonds. The van der Waals surface area contributed by atoms with E-state index in [4.69, 9.17) is 5.73 Å². The number of nitrogens with two attached hydrogens (primary N) is 1. The molecule has 1 aromatic heterocycles. The third kappa shape index (κ3) is 2.05. The van der Waals surface area contributed by atoms with Gasteiger partial charge in [-0.25, -0.2) is 4.98 Å². The standard InChI is InChI=1S/C16H14N2/c17-16-11-13-8-4-5-9-14(13)15(18-16)10-12-6-2-1-3-7-12/h1-9,11H,10H2,(H2,17,18). The number of aromatic nitrogens is 1. The lowest BCUT2D eigenvalue weighted by molar-refractivity contribution is 1.10. The predicted octanol–water partition coefficient (Wildman–Crippen LogP) is 3.41. The molecule has 0 saturated carbocycles. The van der Waals surface area contributed by atoms with Crippen LogP contribution in [0, 0.1) is 0 Å². The zero-order valence-electron chi connectivity index (χ0n) is 10.0. The van der Waals surface area contributed by atoms with Gasteiger partial charge >= 0.3 is 0 Å². The van der Waals surface area contributed by atoms with Gasteiger partial charge in [0.15, 0.2) is 0 Å². The fourth-order valence-corrected chi connectivity index (χ4v) is 2.22. The molecule has 0 unspecified atom stereocenters. The van der Waals surface area contributed by atoms with Crippen molar-refractivity contribution in [3.63, 3.8) is 0 Å². The molecule has 2 N–H and O–H groups in total. The fourth-order valence-electron chi connectivity index (χ4n) is 2.22. The molecule has 2 aromatic carbocycles. The molecular weight excluding hydrogens is 220 g/mol. The van der Waals surface area contributed by atoms with E-state index in [0.29, 0.717) is 5.82 Å². The smallest absolute Gasteiger partial charge is 0.124 e. The molecule has 0 aliphatic carbocycles. The Bertz CT molecular complexity index is 675. The Kier molecular flexibility index (Phi) is 2.69. The van der Waals surface area contributed by atoms with Crippen molar-refractivity contribution in [3.8, 4) is 0 Å². The van der Waals surface area contributed by atoms with Gasteiger partial charge in [0.25, 0.3) is 0 Å². The highest BCUT2D eigenvalue weighted by atomic mass is 14.8. The minimum absolute atomic E-state index is 0.583. The average molecular weight is 234 g/mol. The second-order valence-electron chi connectivity index (χ2n) is 4.38. The number of fused-ring (bicyclic) bond motifs is 1. The molecule has 18 heavy (non-hydrogen) atoms. The highest BCUT2D eigenvalue weighted by Gasteiger charge is 2.05. The largest absolute Gasteiger partial charge is 0.384 e. The van der Waals surface area contributed by atoms with E-state index in [0.717, 1.165) is 17.5 Å². The van der Waals surface area contributed by atoms with Gasteiger partial charge in [0.2, 0.25) is 0 Å². The van der Waals surface area contributed by atoms with Crippen LogP contribution in [0.25, 0.3) is 10.8 Å². The average Bonchev–Trinajstić information content (AvgIpc) is 2.40. The summed E-state index contributed by atoms with van der Waals surface area (Å²) in [6.07, 6.45) is 0.812. The summed E-state index contributed by atoms with van der Waals surface area (Å²) in [5, 5.41) is 2.33. The zero-order chi connectivity index (χ0) is 12.4. The van der Waals surface area contributed by atoms with Gasteiger partial charge in [-0.3, -0.25) is 0 Å². The van der Waals surface area contributed by atoms with Crippen LogP contribution in [0.5, 0.6) is 0 Å². The van der Waals surface area contributed by atoms with Crippen LogP contribution in [-0.4, -0.2) is 4.98 Å². The number of nitrogens with zero attached hydrogens (tertiary/aromatic N) is 1. The Morgan fingerprint density at radius 2 is 1.61 bits per heavy atom. The van der Waals surface area contributed by atoms with Gasteiger partial charge in [0.05, 0.1) is 5.69 Å². The number of hydrogen-bond donors (Lipinski definition) is 1. The summed E-state index contributed by atoms with van der Waals surface area (Å²) in [7, 11) is 0. The predicted molar refractivity (Wildman–Crippen MR) is 75.4 cm³/mol. The molecule has 1 heterocycles. The van der Waals surface area contributed by atoms with E-state index >= 15 is 0 Å². The number of benzene rings is 2. The Morgan fingerprint density at radius 3 is 2.44 bits per heavy atom. The summed E-state index contributed by atoms with van der Waals surface area (Å²) in [5.74, 6) is 0.583. The van der Waals surface area contributed by atoms with Crippen LogP contribution in [0.3, 0.4) is 0 Å². The minimum atomic E-state index is 0.583. The molecule has 2 nitrogen and oxygen atoms in total. The molecule has 2 heteroatoms. The summed E-state index contributed by atoms with van der Waals surface area (Å²) in [5.41, 5.74) is 8.16. The fraction of sp³-hybridized carbons (Fsp3) is 0.0625. The first-order chi connectivity index (χ1) is 8.83. The molecule has 0 aliphatic rings. The first-order valence-corrected chi connectivity index (χ1v) is 6.01. The Labute approximate surface area is 106 Å². The second-order valence-corrected chi connectivity index (χ2v) is 4.38. The van der Waals surface area contributed by atoms with Crippen LogP contribution < -0.4 is 5.73 Å². The molecule has 0 spiro atoms. The van der Waals surface area contributed by atoms with Crippen LogP contribution in [0.15, 0.2) is 60.7 Å². The number of rotatable bonds is 2. The van der Waals surface area contributed by atoms with Crippen molar-refractivity contribution in [2.45, 2.75) is 6.42 Å². The molecule has 0 atom stereocenters. The summed E-state index contributed by atoms with van der Waals surface area (Å²) in [4.78, 5) is 4.47. The Balaban J connectivity index is 2.11. The van der Waals surface area contributed by atoms with Crippen molar-refractivity contribution in [1.29, 1.82) is 0 Å². The maximum atomic E-state index is 5.87. The van der Waals surface area contributed by atoms with Crippen molar-refractivity contribution >= 4 is 16.6 Å². The topological polar surface area (TPSA) is 38.9 Å². The number of hydrogen-bond acceptors (Lipinski definition) is 2. The Morgan fingerprint density at radius 1 is 0.889 bits per heavy atom. The molecule has 0 fully saturated rings. The van der Waals surface area contributed by atoms with Gasteiger partial charge in [-0.15, -0.1) is 0 Å². The molecule has 88 valence electrons. The van der Waals surface area contributed by atoms with Gasteiger partial charge in [-0.05, 0) is 17.0 Å². The molecule has 0 bridgehead atoms. The van der Waals surface area contributed by atoms with Gasteiger partial charge in [0, 0.05) is 11.8 Å². The third-order valence-corrected chi connectivity index (χ3v) is 3.05. The van der Waals surface area contributed by atoms with Crippen LogP contribution in [-0.2, 0) is 6.42 Å². The summed E-state index contributed by atoms with van der Waals surface area (Å²) < 4.78 is 0. The highest BCUT2D eigenvalue weighted by molar-refractivity contribution is 5.86. The van der Waals surface area contributed by atoms with E-state index in [1.54, 1.807) is 0 Å². The molecule has 0 radical (unpaired) electrons. The van der Waals surface area contributed by atoms with Crippen LogP contribution in [0.1, 0.15) is 11.3 Å². The van der Waals surface area contributed by atoms with Gasteiger partial charge in [-0.2, -0.15) is 0 Å². The first kappa shape index (κ1) is 10.8. The Hall–Kier alpha value is -2.35. The summed E-state index contributed by atoms with van der Waals surface area (Å²) >= 11 is 0. The van der Waals surface area contributed by atoms with E-state index in [2.05, 4.69) is 29.2 Å². The van der Waals surface area contributed by atoms with Crippen LogP contribution >= 0.6 is 0 Å². The highest BCUT2D eigenvalue weighted by Crippen LogP contribution is 2.21. The van der Waals surface area contributed by atoms with E-state index < -0.39 is 0 Å². The molecular formula is C16H14N2. The summed E-state index contributed by atoms with van der Waals surface area (Å²) in [6, 6.07) is 20.5. The second kappa shape index (κ2) is 4.49. The van der Waals surface area contributed by atoms with E-state index in [1.807, 2.05) is 36.4 Å². The number of nitrogen functional groups attached to an aromatic ring is 1. The molecule has 0 saturated heterocycles. The quantitative estimate of drug-likeness (QED) is 0.738. The van der Waals surface area contributed by atoms with Crippen LogP contribution in [0.4, 0.5) is 5.82 Å². The van der Waals surface area contributed by atoms with E-state index in [9.17, 15) is 0 Å². The van der Waals surface area contributed by atoms with Crippen molar-refractivity contribution in [1.82, 2.24) is 4.98 Å². The van der Waals surface area contributed by atoms with Crippen LogP contribution in [0.2, 0.25) is 0 Å². The first-order valence-electron chi connectivity index (χ1n) is 6.01. The monoisotopic (exact) mass is 234 g/mol. The van der Waals surface area contributed by atoms with Crippen molar-refractivity contribution < 1.29 is 0 Å². The normalized spacial score (nSPS) is 10.7. The van der Waals surface area contributed by atoms with Gasteiger partial charge < -0.3 is 5.73 Å². The lowest BCUT2D eigenvalue weighted by Gasteiger charge is -2.07. The number of anilines is 1. The minimum Gasteiger partial charge on any atom is -0.384 e. The van der Waals surface area contributed by atoms with Crippen molar-refractivity contribution in [3.05, 3.63) is 71.9 Å². The maximum Gasteiger partial charge on any atom is 0.124 e. The lowest BCUT2D eigenvalue weighted by atomic mass is 10.0. The molecule has 0 aliphatic heterocycles. The van der Waals surface area contributed by atoms with Gasteiger partial charge in [-0.1, -0.05) is 54.6 Å². The summed E-state index contributed by atoms with van der Waals surface area (Å²) in [6.45, 7) is 0. The third-order valence-electron chi connectivity index (χ3n) is 3.05. The number of pyridine rings is 1. The van der Waals surface area contributed by atoms with E-state index in [-0.39, 0.29) is 0 Å². The van der Waals surface area contributed by atoms with Crippen molar-refractivity contribution in [2.75, 3.05) is 5.73 Å². The van der Waals surface area contributed by atoms with Gasteiger partial charge in [0.1, 0.15) is 5.82 Å². The maximum absolute atomic E-state index is 5.87. The van der Waals surface area contributed by atoms with Crippen molar-refractivity contribution in [2.24, 2.45) is 0 Å². The zero-order valence-corrected chi connectivity index (χ0v) is 10.0.